The standard InChI is InChI=1S/C13H16BrN3O/c14-8-1-6-11-12(7-8)17(13(15)16-11)9-2-4-10(18)5-3-9/h1,6-7,9-10,18H,2-5H2,(H2,15,16)/t9-,10-. The van der Waals surface area contributed by atoms with Crippen molar-refractivity contribution in [3.8, 4) is 0 Å². The molecule has 1 aromatic heterocycles. The van der Waals surface area contributed by atoms with Gasteiger partial charge in [0, 0.05) is 10.5 Å². The fraction of sp³-hybridized carbons (Fsp3) is 0.462. The van der Waals surface area contributed by atoms with E-state index in [1.165, 1.54) is 0 Å². The summed E-state index contributed by atoms with van der Waals surface area (Å²) >= 11 is 3.49. The maximum atomic E-state index is 9.59. The van der Waals surface area contributed by atoms with Crippen molar-refractivity contribution in [2.45, 2.75) is 37.8 Å². The minimum Gasteiger partial charge on any atom is -0.393 e. The van der Waals surface area contributed by atoms with Gasteiger partial charge in [0.1, 0.15) is 0 Å². The number of rotatable bonds is 1. The van der Waals surface area contributed by atoms with Crippen LogP contribution in [0.25, 0.3) is 11.0 Å². The number of benzene rings is 1. The lowest BCUT2D eigenvalue weighted by atomic mass is 9.93. The van der Waals surface area contributed by atoms with E-state index in [2.05, 4.69) is 31.5 Å². The Kier molecular flexibility index (Phi) is 3.03. The third-order valence-electron chi connectivity index (χ3n) is 3.71. The number of nitrogen functional groups attached to an aromatic ring is 1. The zero-order valence-corrected chi connectivity index (χ0v) is 11.6. The Hall–Kier alpha value is -1.07. The largest absolute Gasteiger partial charge is 0.393 e. The SMILES string of the molecule is Nc1nc2ccc(Br)cc2n1[C@H]1CC[C@H](O)CC1. The lowest BCUT2D eigenvalue weighted by molar-refractivity contribution is 0.112. The Morgan fingerprint density at radius 2 is 2.00 bits per heavy atom. The second-order valence-corrected chi connectivity index (χ2v) is 5.85. The maximum Gasteiger partial charge on any atom is 0.201 e. The van der Waals surface area contributed by atoms with Crippen LogP contribution in [-0.4, -0.2) is 20.8 Å². The van der Waals surface area contributed by atoms with Crippen molar-refractivity contribution in [2.75, 3.05) is 5.73 Å². The Morgan fingerprint density at radius 1 is 1.28 bits per heavy atom. The van der Waals surface area contributed by atoms with Gasteiger partial charge in [-0.25, -0.2) is 4.98 Å². The predicted molar refractivity (Wildman–Crippen MR) is 75.4 cm³/mol. The van der Waals surface area contributed by atoms with Gasteiger partial charge in [0.05, 0.1) is 17.1 Å². The lowest BCUT2D eigenvalue weighted by Gasteiger charge is -2.27. The van der Waals surface area contributed by atoms with E-state index in [1.54, 1.807) is 0 Å². The van der Waals surface area contributed by atoms with Gasteiger partial charge in [-0.15, -0.1) is 0 Å². The zero-order chi connectivity index (χ0) is 12.7. The molecular weight excluding hydrogens is 294 g/mol. The van der Waals surface area contributed by atoms with E-state index < -0.39 is 0 Å². The molecule has 0 unspecified atom stereocenters. The first-order chi connectivity index (χ1) is 8.65. The van der Waals surface area contributed by atoms with Crippen molar-refractivity contribution in [1.29, 1.82) is 0 Å². The number of aliphatic hydroxyl groups excluding tert-OH is 1. The quantitative estimate of drug-likeness (QED) is 0.851. The number of anilines is 1. The summed E-state index contributed by atoms with van der Waals surface area (Å²) in [5, 5.41) is 9.59. The average molecular weight is 310 g/mol. The second-order valence-electron chi connectivity index (χ2n) is 4.94. The monoisotopic (exact) mass is 309 g/mol. The molecule has 1 fully saturated rings. The zero-order valence-electron chi connectivity index (χ0n) is 10.0. The molecule has 2 aromatic rings. The molecule has 0 saturated heterocycles. The number of halogens is 1. The number of hydrogen-bond donors (Lipinski definition) is 2. The van der Waals surface area contributed by atoms with Crippen molar-refractivity contribution in [3.05, 3.63) is 22.7 Å². The van der Waals surface area contributed by atoms with Crippen LogP contribution in [0.1, 0.15) is 31.7 Å². The van der Waals surface area contributed by atoms with Crippen LogP contribution in [0.3, 0.4) is 0 Å². The molecule has 1 saturated carbocycles. The van der Waals surface area contributed by atoms with Crippen LogP contribution < -0.4 is 5.73 Å². The molecule has 0 atom stereocenters. The van der Waals surface area contributed by atoms with E-state index in [-0.39, 0.29) is 6.10 Å². The topological polar surface area (TPSA) is 64.1 Å². The summed E-state index contributed by atoms with van der Waals surface area (Å²) in [5.74, 6) is 0.574. The smallest absolute Gasteiger partial charge is 0.201 e. The van der Waals surface area contributed by atoms with Gasteiger partial charge in [0.15, 0.2) is 0 Å². The van der Waals surface area contributed by atoms with Gasteiger partial charge in [0.2, 0.25) is 5.95 Å². The molecule has 0 amide bonds. The van der Waals surface area contributed by atoms with Crippen molar-refractivity contribution in [1.82, 2.24) is 9.55 Å². The molecule has 0 aliphatic heterocycles. The molecule has 3 rings (SSSR count). The first kappa shape index (κ1) is 12.0. The first-order valence-electron chi connectivity index (χ1n) is 6.26. The number of nitrogens with zero attached hydrogens (tertiary/aromatic N) is 2. The molecule has 1 heterocycles. The van der Waals surface area contributed by atoms with Crippen molar-refractivity contribution in [2.24, 2.45) is 0 Å². The molecule has 96 valence electrons. The number of nitrogens with two attached hydrogens (primary N) is 1. The van der Waals surface area contributed by atoms with E-state index in [0.717, 1.165) is 41.2 Å². The van der Waals surface area contributed by atoms with Gasteiger partial charge in [-0.05, 0) is 43.9 Å². The second kappa shape index (κ2) is 4.55. The van der Waals surface area contributed by atoms with Gasteiger partial charge in [-0.1, -0.05) is 15.9 Å². The first-order valence-corrected chi connectivity index (χ1v) is 7.05. The molecule has 5 heteroatoms. The minimum atomic E-state index is -0.149. The predicted octanol–water partition coefficient (Wildman–Crippen LogP) is 2.86. The molecule has 0 spiro atoms. The molecule has 0 bridgehead atoms. The Labute approximate surface area is 114 Å². The number of fused-ring (bicyclic) bond motifs is 1. The van der Waals surface area contributed by atoms with E-state index in [4.69, 9.17) is 5.73 Å². The van der Waals surface area contributed by atoms with Crippen molar-refractivity contribution >= 4 is 32.9 Å². The van der Waals surface area contributed by atoms with Crippen LogP contribution in [-0.2, 0) is 0 Å². The van der Waals surface area contributed by atoms with Gasteiger partial charge in [0.25, 0.3) is 0 Å². The molecule has 0 radical (unpaired) electrons. The third-order valence-corrected chi connectivity index (χ3v) is 4.20. The minimum absolute atomic E-state index is 0.149. The molecule has 4 nitrogen and oxygen atoms in total. The van der Waals surface area contributed by atoms with Crippen LogP contribution in [0.15, 0.2) is 22.7 Å². The Morgan fingerprint density at radius 3 is 2.72 bits per heavy atom. The average Bonchev–Trinajstić information content (AvgIpc) is 2.66. The van der Waals surface area contributed by atoms with Crippen LogP contribution in [0.2, 0.25) is 0 Å². The highest BCUT2D eigenvalue weighted by Crippen LogP contribution is 2.34. The molecule has 18 heavy (non-hydrogen) atoms. The maximum absolute atomic E-state index is 9.59. The highest BCUT2D eigenvalue weighted by molar-refractivity contribution is 9.10. The Bertz CT molecular complexity index is 573. The summed E-state index contributed by atoms with van der Waals surface area (Å²) in [6, 6.07) is 6.37. The third kappa shape index (κ3) is 2.01. The molecule has 1 aliphatic carbocycles. The summed E-state index contributed by atoms with van der Waals surface area (Å²) in [4.78, 5) is 4.41. The molecule has 1 aromatic carbocycles. The number of aliphatic hydroxyl groups is 1. The summed E-state index contributed by atoms with van der Waals surface area (Å²) < 4.78 is 3.15. The van der Waals surface area contributed by atoms with E-state index in [9.17, 15) is 5.11 Å². The molecule has 1 aliphatic rings. The number of aromatic nitrogens is 2. The highest BCUT2D eigenvalue weighted by atomic mass is 79.9. The summed E-state index contributed by atoms with van der Waals surface area (Å²) in [7, 11) is 0. The van der Waals surface area contributed by atoms with Crippen LogP contribution >= 0.6 is 15.9 Å². The summed E-state index contributed by atoms with van der Waals surface area (Å²) in [5.41, 5.74) is 8.05. The summed E-state index contributed by atoms with van der Waals surface area (Å²) in [6.45, 7) is 0. The molecule has 3 N–H and O–H groups in total. The van der Waals surface area contributed by atoms with E-state index in [0.29, 0.717) is 12.0 Å². The van der Waals surface area contributed by atoms with Crippen molar-refractivity contribution in [3.63, 3.8) is 0 Å². The number of hydrogen-bond acceptors (Lipinski definition) is 3. The van der Waals surface area contributed by atoms with E-state index >= 15 is 0 Å². The fourth-order valence-electron chi connectivity index (χ4n) is 2.78. The van der Waals surface area contributed by atoms with E-state index in [1.807, 2.05) is 12.1 Å². The van der Waals surface area contributed by atoms with Crippen LogP contribution in [0, 0.1) is 0 Å². The van der Waals surface area contributed by atoms with Crippen LogP contribution in [0.4, 0.5) is 5.95 Å². The molecular formula is C13H16BrN3O. The van der Waals surface area contributed by atoms with Gasteiger partial charge in [-0.3, -0.25) is 0 Å². The summed E-state index contributed by atoms with van der Waals surface area (Å²) in [6.07, 6.45) is 3.46. The lowest BCUT2D eigenvalue weighted by Crippen LogP contribution is -2.22. The van der Waals surface area contributed by atoms with Crippen molar-refractivity contribution < 1.29 is 5.11 Å². The van der Waals surface area contributed by atoms with Gasteiger partial charge in [-0.2, -0.15) is 0 Å². The van der Waals surface area contributed by atoms with Crippen LogP contribution in [0.5, 0.6) is 0 Å². The highest BCUT2D eigenvalue weighted by Gasteiger charge is 2.23. The number of imidazole rings is 1. The fourth-order valence-corrected chi connectivity index (χ4v) is 3.13. The van der Waals surface area contributed by atoms with Gasteiger partial charge >= 0.3 is 0 Å². The Balaban J connectivity index is 2.05. The van der Waals surface area contributed by atoms with Gasteiger partial charge < -0.3 is 15.4 Å². The normalized spacial score (nSPS) is 24.6.